The molecule has 1 N–H and O–H groups in total. The van der Waals surface area contributed by atoms with Crippen LogP contribution >= 0.6 is 15.9 Å². The van der Waals surface area contributed by atoms with E-state index in [1.54, 1.807) is 18.2 Å². The third-order valence-corrected chi connectivity index (χ3v) is 3.46. The van der Waals surface area contributed by atoms with E-state index in [9.17, 15) is 13.2 Å². The molecule has 0 aliphatic heterocycles. The lowest BCUT2D eigenvalue weighted by molar-refractivity contribution is -0.141. The minimum Gasteiger partial charge on any atom is -0.439 e. The van der Waals surface area contributed by atoms with Crippen LogP contribution < -0.4 is 10.1 Å². The highest BCUT2D eigenvalue weighted by Crippen LogP contribution is 2.32. The predicted octanol–water partition coefficient (Wildman–Crippen LogP) is 4.40. The van der Waals surface area contributed by atoms with Crippen molar-refractivity contribution in [2.75, 3.05) is 12.4 Å². The second kappa shape index (κ2) is 5.88. The quantitative estimate of drug-likeness (QED) is 0.879. The Bertz CT molecular complexity index is 662. The summed E-state index contributed by atoms with van der Waals surface area (Å²) in [5.74, 6) is 0.0571. The zero-order valence-corrected chi connectivity index (χ0v) is 12.7. The summed E-state index contributed by atoms with van der Waals surface area (Å²) in [4.78, 5) is 7.22. The first-order chi connectivity index (χ1) is 9.79. The lowest BCUT2D eigenvalue weighted by Gasteiger charge is -2.11. The fourth-order valence-electron chi connectivity index (χ4n) is 1.54. The van der Waals surface area contributed by atoms with Gasteiger partial charge >= 0.3 is 6.18 Å². The molecule has 0 radical (unpaired) electrons. The van der Waals surface area contributed by atoms with Crippen LogP contribution in [0.1, 0.15) is 11.3 Å². The van der Waals surface area contributed by atoms with Gasteiger partial charge in [-0.1, -0.05) is 15.9 Å². The standard InChI is InChI=1S/C13H11BrF3N3O/c1-7-5-8(3-4-9(7)14)21-11-6-10(13(15,16)17)19-12(18-2)20-11/h3-6H,1-2H3,(H,18,19,20). The third kappa shape index (κ3) is 3.84. The van der Waals surface area contributed by atoms with Crippen molar-refractivity contribution in [3.05, 3.63) is 40.0 Å². The zero-order chi connectivity index (χ0) is 15.6. The average molecular weight is 362 g/mol. The second-order valence-corrected chi connectivity index (χ2v) is 5.03. The summed E-state index contributed by atoms with van der Waals surface area (Å²) in [7, 11) is 1.43. The summed E-state index contributed by atoms with van der Waals surface area (Å²) in [6, 6.07) is 5.83. The minimum atomic E-state index is -4.57. The highest BCUT2D eigenvalue weighted by molar-refractivity contribution is 9.10. The van der Waals surface area contributed by atoms with Gasteiger partial charge in [0.05, 0.1) is 0 Å². The second-order valence-electron chi connectivity index (χ2n) is 4.18. The first-order valence-electron chi connectivity index (χ1n) is 5.87. The van der Waals surface area contributed by atoms with E-state index < -0.39 is 11.9 Å². The number of benzene rings is 1. The maximum Gasteiger partial charge on any atom is 0.433 e. The monoisotopic (exact) mass is 361 g/mol. The third-order valence-electron chi connectivity index (χ3n) is 2.57. The highest BCUT2D eigenvalue weighted by Gasteiger charge is 2.34. The molecule has 0 fully saturated rings. The molecule has 1 heterocycles. The van der Waals surface area contributed by atoms with Gasteiger partial charge in [-0.05, 0) is 30.7 Å². The van der Waals surface area contributed by atoms with Crippen molar-refractivity contribution >= 4 is 21.9 Å². The average Bonchev–Trinajstić information content (AvgIpc) is 2.41. The van der Waals surface area contributed by atoms with Crippen LogP contribution in [0.5, 0.6) is 11.6 Å². The van der Waals surface area contributed by atoms with Crippen molar-refractivity contribution in [2.24, 2.45) is 0 Å². The molecule has 0 aliphatic rings. The number of nitrogens with zero attached hydrogens (tertiary/aromatic N) is 2. The van der Waals surface area contributed by atoms with Gasteiger partial charge in [-0.3, -0.25) is 0 Å². The SMILES string of the molecule is CNc1nc(Oc2ccc(Br)c(C)c2)cc(C(F)(F)F)n1. The number of aryl methyl sites for hydroxylation is 1. The number of halogens is 4. The Kier molecular flexibility index (Phi) is 4.36. The lowest BCUT2D eigenvalue weighted by Crippen LogP contribution is -2.11. The molecule has 0 bridgehead atoms. The first kappa shape index (κ1) is 15.6. The molecule has 0 aliphatic carbocycles. The van der Waals surface area contributed by atoms with Gasteiger partial charge in [0.25, 0.3) is 0 Å². The summed E-state index contributed by atoms with van der Waals surface area (Å²) >= 11 is 3.34. The predicted molar refractivity (Wildman–Crippen MR) is 75.5 cm³/mol. The Balaban J connectivity index is 2.36. The lowest BCUT2D eigenvalue weighted by atomic mass is 10.2. The van der Waals surface area contributed by atoms with E-state index in [0.29, 0.717) is 5.75 Å². The van der Waals surface area contributed by atoms with Crippen molar-refractivity contribution in [2.45, 2.75) is 13.1 Å². The molecule has 8 heteroatoms. The number of alkyl halides is 3. The molecule has 112 valence electrons. The number of ether oxygens (including phenoxy) is 1. The Morgan fingerprint density at radius 2 is 1.90 bits per heavy atom. The van der Waals surface area contributed by atoms with Crippen LogP contribution in [-0.4, -0.2) is 17.0 Å². The summed E-state index contributed by atoms with van der Waals surface area (Å²) in [5, 5.41) is 2.48. The minimum absolute atomic E-state index is 0.159. The van der Waals surface area contributed by atoms with E-state index >= 15 is 0 Å². The van der Waals surface area contributed by atoms with Crippen LogP contribution in [0.4, 0.5) is 19.1 Å². The number of rotatable bonds is 3. The molecular weight excluding hydrogens is 351 g/mol. The van der Waals surface area contributed by atoms with Crippen LogP contribution in [-0.2, 0) is 6.18 Å². The van der Waals surface area contributed by atoms with E-state index in [1.807, 2.05) is 6.92 Å². The molecule has 4 nitrogen and oxygen atoms in total. The molecule has 0 saturated heterocycles. The summed E-state index contributed by atoms with van der Waals surface area (Å²) in [6.07, 6.45) is -4.57. The largest absolute Gasteiger partial charge is 0.439 e. The molecule has 1 aromatic carbocycles. The van der Waals surface area contributed by atoms with E-state index in [2.05, 4.69) is 31.2 Å². The fraction of sp³-hybridized carbons (Fsp3) is 0.231. The van der Waals surface area contributed by atoms with Crippen LogP contribution in [0.2, 0.25) is 0 Å². The Labute approximate surface area is 127 Å². The molecule has 0 amide bonds. The number of anilines is 1. The van der Waals surface area contributed by atoms with E-state index in [0.717, 1.165) is 16.1 Å². The van der Waals surface area contributed by atoms with Crippen molar-refractivity contribution in [3.8, 4) is 11.6 Å². The molecule has 2 aromatic rings. The van der Waals surface area contributed by atoms with Crippen LogP contribution in [0.3, 0.4) is 0 Å². The van der Waals surface area contributed by atoms with Crippen LogP contribution in [0.15, 0.2) is 28.7 Å². The number of aromatic nitrogens is 2. The maximum atomic E-state index is 12.8. The fourth-order valence-corrected chi connectivity index (χ4v) is 1.78. The number of hydrogen-bond acceptors (Lipinski definition) is 4. The van der Waals surface area contributed by atoms with Gasteiger partial charge < -0.3 is 10.1 Å². The van der Waals surface area contributed by atoms with Crippen molar-refractivity contribution in [1.82, 2.24) is 9.97 Å². The maximum absolute atomic E-state index is 12.8. The molecule has 0 unspecified atom stereocenters. The molecule has 1 aromatic heterocycles. The van der Waals surface area contributed by atoms with Crippen LogP contribution in [0.25, 0.3) is 0 Å². The topological polar surface area (TPSA) is 47.0 Å². The Hall–Kier alpha value is -1.83. The summed E-state index contributed by atoms with van der Waals surface area (Å²) in [6.45, 7) is 1.84. The van der Waals surface area contributed by atoms with Gasteiger partial charge in [-0.15, -0.1) is 0 Å². The van der Waals surface area contributed by atoms with Crippen LogP contribution in [0, 0.1) is 6.92 Å². The summed E-state index contributed by atoms with van der Waals surface area (Å²) in [5.41, 5.74) is -0.169. The van der Waals surface area contributed by atoms with Gasteiger partial charge in [0.2, 0.25) is 11.8 Å². The van der Waals surface area contributed by atoms with Crippen molar-refractivity contribution in [3.63, 3.8) is 0 Å². The zero-order valence-electron chi connectivity index (χ0n) is 11.1. The van der Waals surface area contributed by atoms with Crippen molar-refractivity contribution in [1.29, 1.82) is 0 Å². The van der Waals surface area contributed by atoms with Gasteiger partial charge in [-0.25, -0.2) is 4.98 Å². The molecule has 0 spiro atoms. The molecule has 2 rings (SSSR count). The Morgan fingerprint density at radius 1 is 1.19 bits per heavy atom. The van der Waals surface area contributed by atoms with Gasteiger partial charge in [-0.2, -0.15) is 18.2 Å². The Morgan fingerprint density at radius 3 is 2.48 bits per heavy atom. The summed E-state index contributed by atoms with van der Waals surface area (Å²) < 4.78 is 44.5. The highest BCUT2D eigenvalue weighted by atomic mass is 79.9. The normalized spacial score (nSPS) is 11.3. The molecule has 0 saturated carbocycles. The molecule has 21 heavy (non-hydrogen) atoms. The number of nitrogens with one attached hydrogen (secondary N) is 1. The van der Waals surface area contributed by atoms with E-state index in [1.165, 1.54) is 7.05 Å². The van der Waals surface area contributed by atoms with E-state index in [4.69, 9.17) is 4.74 Å². The number of hydrogen-bond donors (Lipinski definition) is 1. The first-order valence-corrected chi connectivity index (χ1v) is 6.67. The van der Waals surface area contributed by atoms with Gasteiger partial charge in [0.1, 0.15) is 5.75 Å². The van der Waals surface area contributed by atoms with E-state index in [-0.39, 0.29) is 11.8 Å². The molecule has 0 atom stereocenters. The molecular formula is C13H11BrF3N3O. The van der Waals surface area contributed by atoms with Gasteiger partial charge in [0, 0.05) is 17.6 Å². The van der Waals surface area contributed by atoms with Crippen molar-refractivity contribution < 1.29 is 17.9 Å². The van der Waals surface area contributed by atoms with Gasteiger partial charge in [0.15, 0.2) is 5.69 Å². The smallest absolute Gasteiger partial charge is 0.433 e.